The van der Waals surface area contributed by atoms with E-state index in [1.807, 2.05) is 48.5 Å². The third-order valence-electron chi connectivity index (χ3n) is 5.10. The molecule has 1 amide bonds. The highest BCUT2D eigenvalue weighted by molar-refractivity contribution is 7.99. The summed E-state index contributed by atoms with van der Waals surface area (Å²) in [6, 6.07) is 20.0. The van der Waals surface area contributed by atoms with Gasteiger partial charge in [0.05, 0.1) is 26.5 Å². The Hall–Kier alpha value is -2.99. The Morgan fingerprint density at radius 2 is 1.80 bits per heavy atom. The van der Waals surface area contributed by atoms with Crippen molar-refractivity contribution >= 4 is 23.4 Å². The Kier molecular flexibility index (Phi) is 5.95. The number of anilines is 1. The highest BCUT2D eigenvalue weighted by Gasteiger charge is 2.29. The van der Waals surface area contributed by atoms with E-state index in [9.17, 15) is 9.18 Å². The number of thioether (sulfide) groups is 1. The maximum absolute atomic E-state index is 13.7. The third kappa shape index (κ3) is 4.14. The summed E-state index contributed by atoms with van der Waals surface area (Å²) < 4.78 is 24.5. The first kappa shape index (κ1) is 20.3. The highest BCUT2D eigenvalue weighted by Crippen LogP contribution is 2.47. The fraction of sp³-hybridized carbons (Fsp3) is 0.208. The fourth-order valence-electron chi connectivity index (χ4n) is 3.61. The minimum Gasteiger partial charge on any atom is -0.493 e. The number of para-hydroxylation sites is 1. The van der Waals surface area contributed by atoms with E-state index >= 15 is 0 Å². The van der Waals surface area contributed by atoms with Gasteiger partial charge in [-0.1, -0.05) is 30.3 Å². The van der Waals surface area contributed by atoms with E-state index in [4.69, 9.17) is 9.47 Å². The average molecular weight is 424 g/mol. The molecule has 30 heavy (non-hydrogen) atoms. The number of benzene rings is 3. The zero-order valence-electron chi connectivity index (χ0n) is 16.8. The first-order chi connectivity index (χ1) is 14.6. The molecule has 154 valence electrons. The summed E-state index contributed by atoms with van der Waals surface area (Å²) >= 11 is 1.65. The molecule has 0 aliphatic carbocycles. The van der Waals surface area contributed by atoms with Gasteiger partial charge in [0, 0.05) is 16.6 Å². The lowest BCUT2D eigenvalue weighted by Crippen LogP contribution is -2.30. The molecule has 0 aromatic heterocycles. The smallest absolute Gasteiger partial charge is 0.228 e. The first-order valence-corrected chi connectivity index (χ1v) is 10.5. The van der Waals surface area contributed by atoms with Crippen molar-refractivity contribution in [1.82, 2.24) is 0 Å². The first-order valence-electron chi connectivity index (χ1n) is 9.61. The van der Waals surface area contributed by atoms with Crippen molar-refractivity contribution < 1.29 is 18.7 Å². The van der Waals surface area contributed by atoms with E-state index in [1.165, 1.54) is 12.1 Å². The number of hydrogen-bond donors (Lipinski definition) is 0. The number of nitrogens with zero attached hydrogens (tertiary/aromatic N) is 1. The summed E-state index contributed by atoms with van der Waals surface area (Å²) in [4.78, 5) is 16.1. The third-order valence-corrected chi connectivity index (χ3v) is 6.42. The zero-order valence-corrected chi connectivity index (χ0v) is 17.6. The van der Waals surface area contributed by atoms with Crippen LogP contribution in [0.4, 0.5) is 10.1 Å². The van der Waals surface area contributed by atoms with Crippen molar-refractivity contribution in [2.24, 2.45) is 0 Å². The topological polar surface area (TPSA) is 38.8 Å². The van der Waals surface area contributed by atoms with Crippen LogP contribution in [0.2, 0.25) is 0 Å². The van der Waals surface area contributed by atoms with Crippen LogP contribution in [0.25, 0.3) is 0 Å². The zero-order chi connectivity index (χ0) is 21.1. The Morgan fingerprint density at radius 1 is 1.00 bits per heavy atom. The Morgan fingerprint density at radius 3 is 2.57 bits per heavy atom. The predicted octanol–water partition coefficient (Wildman–Crippen LogP) is 5.61. The molecule has 0 saturated heterocycles. The molecule has 1 heterocycles. The van der Waals surface area contributed by atoms with Crippen LogP contribution in [-0.2, 0) is 11.3 Å². The molecule has 6 heteroatoms. The molecule has 3 aromatic carbocycles. The van der Waals surface area contributed by atoms with Gasteiger partial charge < -0.3 is 14.4 Å². The van der Waals surface area contributed by atoms with Crippen LogP contribution in [0.3, 0.4) is 0 Å². The lowest BCUT2D eigenvalue weighted by atomic mass is 10.1. The van der Waals surface area contributed by atoms with Crippen LogP contribution in [0.15, 0.2) is 71.6 Å². The van der Waals surface area contributed by atoms with Crippen LogP contribution in [-0.4, -0.2) is 20.1 Å². The molecule has 4 rings (SSSR count). The second kappa shape index (κ2) is 8.79. The summed E-state index contributed by atoms with van der Waals surface area (Å²) in [5, 5.41) is -0.0732. The molecule has 3 aromatic rings. The minimum atomic E-state index is -0.305. The summed E-state index contributed by atoms with van der Waals surface area (Å²) in [5.74, 6) is 0.980. The van der Waals surface area contributed by atoms with Crippen molar-refractivity contribution in [2.45, 2.75) is 23.1 Å². The van der Waals surface area contributed by atoms with Crippen LogP contribution in [0.1, 0.15) is 22.8 Å². The van der Waals surface area contributed by atoms with Gasteiger partial charge in [-0.2, -0.15) is 0 Å². The Labute approximate surface area is 179 Å². The molecule has 0 radical (unpaired) electrons. The molecule has 0 N–H and O–H groups in total. The van der Waals surface area contributed by atoms with Gasteiger partial charge in [-0.15, -0.1) is 11.8 Å². The maximum Gasteiger partial charge on any atom is 0.228 e. The molecule has 1 aliphatic rings. The molecular formula is C24H22FNO3S. The molecule has 0 bridgehead atoms. The van der Waals surface area contributed by atoms with Crippen molar-refractivity contribution in [3.05, 3.63) is 83.7 Å². The van der Waals surface area contributed by atoms with E-state index in [2.05, 4.69) is 0 Å². The van der Waals surface area contributed by atoms with Crippen molar-refractivity contribution in [3.8, 4) is 11.5 Å². The molecule has 4 nitrogen and oxygen atoms in total. The lowest BCUT2D eigenvalue weighted by Gasteiger charge is -2.23. The van der Waals surface area contributed by atoms with Crippen molar-refractivity contribution in [1.29, 1.82) is 0 Å². The van der Waals surface area contributed by atoms with Crippen molar-refractivity contribution in [2.75, 3.05) is 19.1 Å². The molecule has 0 unspecified atom stereocenters. The molecule has 0 spiro atoms. The number of carbonyl (C=O) groups excluding carboxylic acids is 1. The van der Waals surface area contributed by atoms with Gasteiger partial charge in [-0.3, -0.25) is 4.79 Å². The highest BCUT2D eigenvalue weighted by atomic mass is 32.2. The Bertz CT molecular complexity index is 1070. The van der Waals surface area contributed by atoms with Gasteiger partial charge in [0.25, 0.3) is 0 Å². The number of methoxy groups -OCH3 is 2. The molecule has 1 aliphatic heterocycles. The number of rotatable bonds is 5. The largest absolute Gasteiger partial charge is 0.493 e. The number of halogens is 1. The average Bonchev–Trinajstić information content (AvgIpc) is 2.90. The van der Waals surface area contributed by atoms with Gasteiger partial charge >= 0.3 is 0 Å². The summed E-state index contributed by atoms with van der Waals surface area (Å²) in [6.07, 6.45) is 0.324. The van der Waals surface area contributed by atoms with E-state index in [-0.39, 0.29) is 17.0 Å². The monoisotopic (exact) mass is 423 g/mol. The van der Waals surface area contributed by atoms with Crippen LogP contribution >= 0.6 is 11.8 Å². The standard InChI is InChI=1S/C24H22FNO3S/c1-28-20-11-10-17(13-21(20)29-2)23-14-24(27)26(15-16-6-5-7-18(25)12-16)19-8-3-4-9-22(19)30-23/h3-13,23H,14-15H2,1-2H3/t23-/m0/s1. The van der Waals surface area contributed by atoms with Crippen LogP contribution < -0.4 is 14.4 Å². The molecule has 1 atom stereocenters. The number of ether oxygens (including phenoxy) is 2. The number of fused-ring (bicyclic) bond motifs is 1. The second-order valence-electron chi connectivity index (χ2n) is 7.00. The van der Waals surface area contributed by atoms with Crippen molar-refractivity contribution in [3.63, 3.8) is 0 Å². The normalized spacial score (nSPS) is 16.0. The summed E-state index contributed by atoms with van der Waals surface area (Å²) in [5.41, 5.74) is 2.60. The van der Waals surface area contributed by atoms with Gasteiger partial charge in [0.15, 0.2) is 11.5 Å². The number of carbonyl (C=O) groups is 1. The van der Waals surface area contributed by atoms with Gasteiger partial charge in [0.2, 0.25) is 5.91 Å². The van der Waals surface area contributed by atoms with Gasteiger partial charge in [-0.25, -0.2) is 4.39 Å². The maximum atomic E-state index is 13.7. The SMILES string of the molecule is COc1ccc([C@@H]2CC(=O)N(Cc3cccc(F)c3)c3ccccc3S2)cc1OC. The minimum absolute atomic E-state index is 0.00324. The van der Waals surface area contributed by atoms with Gasteiger partial charge in [-0.05, 0) is 47.5 Å². The Balaban J connectivity index is 1.69. The van der Waals surface area contributed by atoms with E-state index < -0.39 is 0 Å². The quantitative estimate of drug-likeness (QED) is 0.534. The van der Waals surface area contributed by atoms with E-state index in [0.717, 1.165) is 21.7 Å². The predicted molar refractivity (Wildman–Crippen MR) is 117 cm³/mol. The van der Waals surface area contributed by atoms with Gasteiger partial charge in [0.1, 0.15) is 5.82 Å². The summed E-state index contributed by atoms with van der Waals surface area (Å²) in [7, 11) is 3.20. The summed E-state index contributed by atoms with van der Waals surface area (Å²) in [6.45, 7) is 0.326. The number of hydrogen-bond acceptors (Lipinski definition) is 4. The van der Waals surface area contributed by atoms with Crippen LogP contribution in [0, 0.1) is 5.82 Å². The second-order valence-corrected chi connectivity index (χ2v) is 8.25. The molecular weight excluding hydrogens is 401 g/mol. The van der Waals surface area contributed by atoms with E-state index in [1.54, 1.807) is 36.9 Å². The molecule has 0 fully saturated rings. The fourth-order valence-corrected chi connectivity index (χ4v) is 4.88. The lowest BCUT2D eigenvalue weighted by molar-refractivity contribution is -0.118. The van der Waals surface area contributed by atoms with E-state index in [0.29, 0.717) is 24.5 Å². The molecule has 0 saturated carbocycles. The van der Waals surface area contributed by atoms with Crippen LogP contribution in [0.5, 0.6) is 11.5 Å². The number of amides is 1.